The molecular weight excluding hydrogens is 575 g/mol. The topological polar surface area (TPSA) is 75.7 Å². The third-order valence-corrected chi connectivity index (χ3v) is 5.98. The van der Waals surface area contributed by atoms with Crippen LogP contribution in [0.4, 0.5) is 4.79 Å². The lowest BCUT2D eigenvalue weighted by molar-refractivity contribution is -0.129. The number of carbonyl (C=O) groups is 3. The van der Waals surface area contributed by atoms with Crippen LogP contribution in [0.2, 0.25) is 10.0 Å². The molecule has 1 aliphatic rings. The molecule has 10 heteroatoms. The van der Waals surface area contributed by atoms with E-state index in [0.717, 1.165) is 10.5 Å². The first kappa shape index (κ1) is 23.5. The lowest BCUT2D eigenvalue weighted by atomic mass is 10.1. The molecule has 1 heterocycles. The maximum Gasteiger partial charge on any atom is 0.331 e. The molecule has 0 bridgehead atoms. The number of amides is 4. The molecule has 3 rings (SSSR count). The van der Waals surface area contributed by atoms with E-state index in [1.54, 1.807) is 30.3 Å². The van der Waals surface area contributed by atoms with Gasteiger partial charge in [0.1, 0.15) is 17.9 Å². The number of hydrogen-bond acceptors (Lipinski definition) is 4. The molecular formula is C21H14Br2Cl2N2O4. The van der Waals surface area contributed by atoms with Crippen LogP contribution in [0.3, 0.4) is 0 Å². The largest absolute Gasteiger partial charge is 0.486 e. The van der Waals surface area contributed by atoms with Crippen molar-refractivity contribution < 1.29 is 19.1 Å². The predicted octanol–water partition coefficient (Wildman–Crippen LogP) is 5.75. The monoisotopic (exact) mass is 586 g/mol. The molecule has 1 N–H and O–H groups in total. The van der Waals surface area contributed by atoms with Gasteiger partial charge in [-0.3, -0.25) is 19.8 Å². The van der Waals surface area contributed by atoms with E-state index in [0.29, 0.717) is 30.3 Å². The van der Waals surface area contributed by atoms with Gasteiger partial charge < -0.3 is 4.74 Å². The summed E-state index contributed by atoms with van der Waals surface area (Å²) in [5, 5.41) is 3.16. The van der Waals surface area contributed by atoms with E-state index >= 15 is 0 Å². The number of urea groups is 1. The molecule has 0 spiro atoms. The molecule has 6 nitrogen and oxygen atoms in total. The summed E-state index contributed by atoms with van der Waals surface area (Å²) < 4.78 is 7.04. The molecule has 1 fully saturated rings. The van der Waals surface area contributed by atoms with Crippen molar-refractivity contribution in [1.82, 2.24) is 10.2 Å². The van der Waals surface area contributed by atoms with E-state index in [-0.39, 0.29) is 18.7 Å². The maximum absolute atomic E-state index is 12.6. The Morgan fingerprint density at radius 1 is 1.10 bits per heavy atom. The third kappa shape index (κ3) is 5.38. The highest BCUT2D eigenvalue weighted by molar-refractivity contribution is 9.11. The molecule has 1 aliphatic heterocycles. The number of ether oxygens (including phenoxy) is 1. The number of carbonyl (C=O) groups excluding carboxylic acids is 3. The average Bonchev–Trinajstić information content (AvgIpc) is 2.69. The van der Waals surface area contributed by atoms with Crippen molar-refractivity contribution in [2.24, 2.45) is 0 Å². The molecule has 0 atom stereocenters. The van der Waals surface area contributed by atoms with E-state index in [9.17, 15) is 14.4 Å². The number of imide groups is 2. The van der Waals surface area contributed by atoms with E-state index in [4.69, 9.17) is 27.9 Å². The third-order valence-electron chi connectivity index (χ3n) is 4.22. The first-order valence-corrected chi connectivity index (χ1v) is 11.1. The first-order valence-electron chi connectivity index (χ1n) is 8.76. The fourth-order valence-electron chi connectivity index (χ4n) is 2.74. The summed E-state index contributed by atoms with van der Waals surface area (Å²) in [4.78, 5) is 37.5. The number of nitrogens with zero attached hydrogens (tertiary/aromatic N) is 1. The summed E-state index contributed by atoms with van der Waals surface area (Å²) in [6, 6.07) is 7.72. The number of hydrogen-bond donors (Lipinski definition) is 1. The minimum Gasteiger partial charge on any atom is -0.486 e. The Morgan fingerprint density at radius 3 is 2.39 bits per heavy atom. The van der Waals surface area contributed by atoms with Gasteiger partial charge in [0.25, 0.3) is 11.8 Å². The van der Waals surface area contributed by atoms with Gasteiger partial charge in [0, 0.05) is 22.2 Å². The van der Waals surface area contributed by atoms with Crippen molar-refractivity contribution in [3.8, 4) is 5.75 Å². The summed E-state index contributed by atoms with van der Waals surface area (Å²) >= 11 is 19.0. The van der Waals surface area contributed by atoms with Crippen molar-refractivity contribution in [2.45, 2.75) is 6.61 Å². The zero-order chi connectivity index (χ0) is 22.7. The normalized spacial score (nSPS) is 15.3. The van der Waals surface area contributed by atoms with Crippen molar-refractivity contribution in [2.75, 3.05) is 6.54 Å². The van der Waals surface area contributed by atoms with Gasteiger partial charge in [-0.15, -0.1) is 6.58 Å². The van der Waals surface area contributed by atoms with E-state index in [2.05, 4.69) is 43.8 Å². The summed E-state index contributed by atoms with van der Waals surface area (Å²) in [5.41, 5.74) is 1.14. The van der Waals surface area contributed by atoms with Gasteiger partial charge in [-0.05, 0) is 67.8 Å². The minimum absolute atomic E-state index is 0.0112. The summed E-state index contributed by atoms with van der Waals surface area (Å²) in [6.07, 6.45) is 2.80. The van der Waals surface area contributed by atoms with Crippen molar-refractivity contribution in [3.63, 3.8) is 0 Å². The molecule has 2 aromatic rings. The fourth-order valence-corrected chi connectivity index (χ4v) is 4.66. The molecule has 0 aromatic heterocycles. The minimum atomic E-state index is -0.779. The van der Waals surface area contributed by atoms with Gasteiger partial charge >= 0.3 is 6.03 Å². The average molecular weight is 589 g/mol. The zero-order valence-corrected chi connectivity index (χ0v) is 20.4. The summed E-state index contributed by atoms with van der Waals surface area (Å²) in [7, 11) is 0. The molecule has 2 aromatic carbocycles. The lowest BCUT2D eigenvalue weighted by Crippen LogP contribution is -2.54. The number of barbiturate groups is 1. The van der Waals surface area contributed by atoms with Crippen molar-refractivity contribution in [1.29, 1.82) is 0 Å². The Balaban J connectivity index is 1.85. The standard InChI is InChI=1S/C21H14Br2Cl2N2O4/c1-2-5-27-20(29)14(19(28)26-21(27)30)6-11-7-15(22)18(16(23)8-11)31-10-12-3-4-13(24)9-17(12)25/h2-4,6-9H,1,5,10H2,(H,26,28,30)/b14-6-. The summed E-state index contributed by atoms with van der Waals surface area (Å²) in [5.74, 6) is -0.949. The molecule has 160 valence electrons. The van der Waals surface area contributed by atoms with Crippen LogP contribution in [0, 0.1) is 0 Å². The Bertz CT molecular complexity index is 1110. The Kier molecular flexibility index (Phi) is 7.59. The first-order chi connectivity index (χ1) is 14.7. The van der Waals surface area contributed by atoms with E-state index in [1.807, 2.05) is 0 Å². The number of rotatable bonds is 6. The van der Waals surface area contributed by atoms with Gasteiger partial charge in [-0.25, -0.2) is 4.79 Å². The van der Waals surface area contributed by atoms with Crippen LogP contribution in [0.25, 0.3) is 6.08 Å². The predicted molar refractivity (Wildman–Crippen MR) is 126 cm³/mol. The van der Waals surface area contributed by atoms with Crippen LogP contribution < -0.4 is 10.1 Å². The van der Waals surface area contributed by atoms with Crippen molar-refractivity contribution >= 4 is 79.0 Å². The zero-order valence-electron chi connectivity index (χ0n) is 15.8. The molecule has 4 amide bonds. The smallest absolute Gasteiger partial charge is 0.331 e. The highest BCUT2D eigenvalue weighted by Gasteiger charge is 2.34. The van der Waals surface area contributed by atoms with Gasteiger partial charge in [-0.2, -0.15) is 0 Å². The lowest BCUT2D eigenvalue weighted by Gasteiger charge is -2.25. The Hall–Kier alpha value is -2.13. The molecule has 1 saturated heterocycles. The molecule has 0 unspecified atom stereocenters. The van der Waals surface area contributed by atoms with Crippen LogP contribution >= 0.6 is 55.1 Å². The molecule has 31 heavy (non-hydrogen) atoms. The van der Waals surface area contributed by atoms with E-state index < -0.39 is 17.8 Å². The SMILES string of the molecule is C=CCN1C(=O)NC(=O)/C(=C/c2cc(Br)c(OCc3ccc(Cl)cc3Cl)c(Br)c2)C1=O. The highest BCUT2D eigenvalue weighted by Crippen LogP contribution is 2.36. The Morgan fingerprint density at radius 2 is 1.77 bits per heavy atom. The van der Waals surface area contributed by atoms with Crippen LogP contribution in [-0.4, -0.2) is 29.3 Å². The maximum atomic E-state index is 12.6. The number of nitrogens with one attached hydrogen (secondary N) is 1. The van der Waals surface area contributed by atoms with Crippen LogP contribution in [0.1, 0.15) is 11.1 Å². The van der Waals surface area contributed by atoms with Crippen LogP contribution in [0.5, 0.6) is 5.75 Å². The Labute approximate surface area is 205 Å². The van der Waals surface area contributed by atoms with Gasteiger partial charge in [0.15, 0.2) is 0 Å². The number of halogens is 4. The van der Waals surface area contributed by atoms with Gasteiger partial charge in [0.2, 0.25) is 0 Å². The van der Waals surface area contributed by atoms with E-state index in [1.165, 1.54) is 12.2 Å². The molecule has 0 radical (unpaired) electrons. The van der Waals surface area contributed by atoms with Gasteiger partial charge in [0.05, 0.1) is 8.95 Å². The fraction of sp³-hybridized carbons (Fsp3) is 0.0952. The second-order valence-electron chi connectivity index (χ2n) is 6.36. The van der Waals surface area contributed by atoms with Crippen LogP contribution in [-0.2, 0) is 16.2 Å². The molecule has 0 aliphatic carbocycles. The highest BCUT2D eigenvalue weighted by atomic mass is 79.9. The second-order valence-corrected chi connectivity index (χ2v) is 8.91. The quantitative estimate of drug-likeness (QED) is 0.265. The second kappa shape index (κ2) is 9.99. The van der Waals surface area contributed by atoms with Crippen LogP contribution in [0.15, 0.2) is 57.5 Å². The molecule has 0 saturated carbocycles. The number of benzene rings is 2. The van der Waals surface area contributed by atoms with Gasteiger partial charge in [-0.1, -0.05) is 35.3 Å². The van der Waals surface area contributed by atoms with Crippen molar-refractivity contribution in [3.05, 3.63) is 78.7 Å². The summed E-state index contributed by atoms with van der Waals surface area (Å²) in [6.45, 7) is 3.70.